The number of phenolic OH excluding ortho intramolecular Hbond substituents is 1. The minimum Gasteiger partial charge on any atom is -1.00 e. The van der Waals surface area contributed by atoms with Gasteiger partial charge in [-0.05, 0) is 31.5 Å². The van der Waals surface area contributed by atoms with Gasteiger partial charge in [-0.2, -0.15) is 0 Å². The summed E-state index contributed by atoms with van der Waals surface area (Å²) < 4.78 is 5.69. The molecule has 0 spiro atoms. The van der Waals surface area contributed by atoms with Crippen molar-refractivity contribution in [1.29, 1.82) is 0 Å². The molecule has 1 heterocycles. The Bertz CT molecular complexity index is 940. The molecule has 0 amide bonds. The molecule has 6 heteroatoms. The minimum atomic E-state index is -0.632. The number of hydrogen-bond acceptors (Lipinski definition) is 4. The number of hydrogen-bond donors (Lipinski definition) is 3. The number of aliphatic hydroxyl groups is 1. The Kier molecular flexibility index (Phi) is 6.42. The average molecular weight is 376 g/mol. The van der Waals surface area contributed by atoms with Crippen molar-refractivity contribution in [3.63, 3.8) is 0 Å². The second-order valence-corrected chi connectivity index (χ2v) is 6.32. The first-order valence-corrected chi connectivity index (χ1v) is 8.29. The van der Waals surface area contributed by atoms with Crippen molar-refractivity contribution in [3.05, 3.63) is 75.6 Å². The summed E-state index contributed by atoms with van der Waals surface area (Å²) in [5.41, 5.74) is 1.68. The minimum absolute atomic E-state index is 0. The van der Waals surface area contributed by atoms with Crippen molar-refractivity contribution in [1.82, 2.24) is 0 Å². The molecular weight excluding hydrogens is 354 g/mol. The molecule has 0 aliphatic carbocycles. The molecule has 0 bridgehead atoms. The van der Waals surface area contributed by atoms with Gasteiger partial charge in [-0.25, -0.2) is 0 Å². The molecule has 1 aromatic heterocycles. The van der Waals surface area contributed by atoms with Gasteiger partial charge >= 0.3 is 0 Å². The molecule has 0 aliphatic rings. The monoisotopic (exact) mass is 375 g/mol. The summed E-state index contributed by atoms with van der Waals surface area (Å²) in [6, 6.07) is 13.8. The van der Waals surface area contributed by atoms with E-state index in [4.69, 9.17) is 4.42 Å². The van der Waals surface area contributed by atoms with Crippen LogP contribution in [-0.2, 0) is 6.54 Å². The maximum Gasteiger partial charge on any atom is 0.192 e. The van der Waals surface area contributed by atoms with Crippen LogP contribution >= 0.6 is 0 Å². The Hall–Kier alpha value is -2.34. The largest absolute Gasteiger partial charge is 1.00 e. The molecule has 0 saturated heterocycles. The topological polar surface area (TPSA) is 87.3 Å². The predicted molar refractivity (Wildman–Crippen MR) is 95.4 cm³/mol. The Morgan fingerprint density at radius 1 is 1.15 bits per heavy atom. The standard InChI is InChI=1S/C20H21NO4.ClH/c1-12-10-18(23)15-8-9-17(22)16(20(15)25-12)11-21-13(2)19(24)14-6-4-3-5-7-14;/h3-10,13,19,21-22,24H,11H2,1-2H3;1H. The highest BCUT2D eigenvalue weighted by Crippen LogP contribution is 2.25. The van der Waals surface area contributed by atoms with Gasteiger partial charge < -0.3 is 32.4 Å². The van der Waals surface area contributed by atoms with Crippen molar-refractivity contribution in [2.24, 2.45) is 0 Å². The van der Waals surface area contributed by atoms with Gasteiger partial charge in [0.2, 0.25) is 0 Å². The summed E-state index contributed by atoms with van der Waals surface area (Å²) in [4.78, 5) is 12.1. The van der Waals surface area contributed by atoms with Crippen molar-refractivity contribution >= 4 is 11.0 Å². The van der Waals surface area contributed by atoms with E-state index in [1.54, 1.807) is 13.0 Å². The van der Waals surface area contributed by atoms with E-state index in [0.29, 0.717) is 28.8 Å². The van der Waals surface area contributed by atoms with Crippen molar-refractivity contribution < 1.29 is 32.4 Å². The highest BCUT2D eigenvalue weighted by molar-refractivity contribution is 5.81. The number of halogens is 1. The number of aryl methyl sites for hydroxylation is 1. The predicted octanol–water partition coefficient (Wildman–Crippen LogP) is -1.00. The maximum absolute atomic E-state index is 12.1. The van der Waals surface area contributed by atoms with Crippen LogP contribution in [0.2, 0.25) is 0 Å². The van der Waals surface area contributed by atoms with Crippen LogP contribution in [0.15, 0.2) is 57.7 Å². The van der Waals surface area contributed by atoms with E-state index >= 15 is 0 Å². The van der Waals surface area contributed by atoms with Crippen LogP contribution in [0.4, 0.5) is 0 Å². The molecule has 2 unspecified atom stereocenters. The molecule has 2 atom stereocenters. The Morgan fingerprint density at radius 2 is 1.85 bits per heavy atom. The zero-order valence-corrected chi connectivity index (χ0v) is 15.4. The third kappa shape index (κ3) is 4.07. The summed E-state index contributed by atoms with van der Waals surface area (Å²) in [6.07, 6.45) is -0.632. The lowest BCUT2D eigenvalue weighted by Gasteiger charge is -2.18. The lowest BCUT2D eigenvalue weighted by Crippen LogP contribution is -3.00. The average Bonchev–Trinajstić information content (AvgIpc) is 2.60. The van der Waals surface area contributed by atoms with E-state index in [1.807, 2.05) is 42.6 Å². The van der Waals surface area contributed by atoms with Gasteiger partial charge in [0.15, 0.2) is 11.0 Å². The molecule has 3 rings (SSSR count). The zero-order chi connectivity index (χ0) is 18.0. The number of rotatable bonds is 5. The molecule has 0 aliphatic heterocycles. The summed E-state index contributed by atoms with van der Waals surface area (Å²) in [5.74, 6) is 0.584. The Morgan fingerprint density at radius 3 is 2.54 bits per heavy atom. The van der Waals surface area contributed by atoms with Crippen LogP contribution in [0.1, 0.15) is 29.9 Å². The van der Waals surface area contributed by atoms with Crippen LogP contribution in [0.5, 0.6) is 5.75 Å². The first-order valence-electron chi connectivity index (χ1n) is 8.29. The first-order chi connectivity index (χ1) is 12.0. The van der Waals surface area contributed by atoms with Gasteiger partial charge in [0.05, 0.1) is 10.9 Å². The SMILES string of the molecule is Cc1cc(=O)c2ccc(O)c(C[NH2+]C(C)C(O)c3ccccc3)c2o1.[Cl-]. The second kappa shape index (κ2) is 8.36. The summed E-state index contributed by atoms with van der Waals surface area (Å²) in [5, 5.41) is 23.1. The highest BCUT2D eigenvalue weighted by atomic mass is 35.5. The number of benzene rings is 2. The molecule has 4 N–H and O–H groups in total. The van der Waals surface area contributed by atoms with E-state index in [2.05, 4.69) is 0 Å². The first kappa shape index (κ1) is 20.0. The van der Waals surface area contributed by atoms with Crippen molar-refractivity contribution in [2.45, 2.75) is 32.5 Å². The second-order valence-electron chi connectivity index (χ2n) is 6.32. The summed E-state index contributed by atoms with van der Waals surface area (Å²) in [6.45, 7) is 4.02. The molecule has 138 valence electrons. The Labute approximate surface area is 157 Å². The van der Waals surface area contributed by atoms with Gasteiger partial charge in [-0.3, -0.25) is 4.79 Å². The van der Waals surface area contributed by atoms with E-state index < -0.39 is 6.10 Å². The van der Waals surface area contributed by atoms with Crippen molar-refractivity contribution in [2.75, 3.05) is 0 Å². The summed E-state index contributed by atoms with van der Waals surface area (Å²) >= 11 is 0. The molecule has 2 aromatic carbocycles. The zero-order valence-electron chi connectivity index (χ0n) is 14.6. The number of fused-ring (bicyclic) bond motifs is 1. The van der Waals surface area contributed by atoms with E-state index in [0.717, 1.165) is 5.56 Å². The number of quaternary nitrogens is 1. The fourth-order valence-electron chi connectivity index (χ4n) is 2.96. The van der Waals surface area contributed by atoms with Crippen LogP contribution < -0.4 is 23.2 Å². The van der Waals surface area contributed by atoms with E-state index in [-0.39, 0.29) is 29.6 Å². The molecule has 26 heavy (non-hydrogen) atoms. The molecule has 0 saturated carbocycles. The molecule has 3 aromatic rings. The molecular formula is C20H22ClNO4. The third-order valence-corrected chi connectivity index (χ3v) is 4.43. The van der Waals surface area contributed by atoms with Crippen LogP contribution in [0.25, 0.3) is 11.0 Å². The highest BCUT2D eigenvalue weighted by Gasteiger charge is 2.21. The molecule has 0 fully saturated rings. The smallest absolute Gasteiger partial charge is 0.192 e. The van der Waals surface area contributed by atoms with Crippen molar-refractivity contribution in [3.8, 4) is 5.75 Å². The van der Waals surface area contributed by atoms with Gasteiger partial charge in [0.1, 0.15) is 30.2 Å². The fraction of sp³-hybridized carbons (Fsp3) is 0.250. The van der Waals surface area contributed by atoms with E-state index in [1.165, 1.54) is 12.1 Å². The van der Waals surface area contributed by atoms with Gasteiger partial charge in [-0.15, -0.1) is 0 Å². The molecule has 0 radical (unpaired) electrons. The lowest BCUT2D eigenvalue weighted by molar-refractivity contribution is -0.709. The quantitative estimate of drug-likeness (QED) is 0.533. The van der Waals surface area contributed by atoms with Gasteiger partial charge in [0.25, 0.3) is 0 Å². The number of aromatic hydroxyl groups is 1. The van der Waals surface area contributed by atoms with Crippen LogP contribution in [0, 0.1) is 6.92 Å². The number of nitrogens with two attached hydrogens (primary N) is 1. The lowest BCUT2D eigenvalue weighted by atomic mass is 10.0. The Balaban J connectivity index is 0.00000243. The fourth-order valence-corrected chi connectivity index (χ4v) is 2.96. The van der Waals surface area contributed by atoms with Gasteiger partial charge in [0, 0.05) is 6.07 Å². The van der Waals surface area contributed by atoms with Crippen LogP contribution in [0.3, 0.4) is 0 Å². The number of aliphatic hydroxyl groups excluding tert-OH is 1. The maximum atomic E-state index is 12.1. The number of phenols is 1. The normalized spacial score (nSPS) is 13.2. The van der Waals surface area contributed by atoms with Crippen LogP contribution in [-0.4, -0.2) is 16.3 Å². The summed E-state index contributed by atoms with van der Waals surface area (Å²) in [7, 11) is 0. The van der Waals surface area contributed by atoms with Gasteiger partial charge in [-0.1, -0.05) is 30.3 Å². The third-order valence-electron chi connectivity index (χ3n) is 4.43. The van der Waals surface area contributed by atoms with E-state index in [9.17, 15) is 15.0 Å². The molecule has 5 nitrogen and oxygen atoms in total.